The van der Waals surface area contributed by atoms with Gasteiger partial charge in [-0.3, -0.25) is 9.59 Å². The Kier molecular flexibility index (Phi) is 6.26. The molecule has 1 rings (SSSR count). The molecule has 0 atom stereocenters. The molecule has 0 unspecified atom stereocenters. The Morgan fingerprint density at radius 2 is 1.90 bits per heavy atom. The van der Waals surface area contributed by atoms with E-state index in [2.05, 4.69) is 31.9 Å². The third-order valence-electron chi connectivity index (χ3n) is 2.03. The van der Waals surface area contributed by atoms with E-state index in [4.69, 9.17) is 16.7 Å². The highest BCUT2D eigenvalue weighted by Crippen LogP contribution is 2.25. The van der Waals surface area contributed by atoms with E-state index in [9.17, 15) is 14.4 Å². The maximum atomic E-state index is 11.5. The SMILES string of the molecule is O=C(O)CNC(=O)CNC(=O)Nc1ccc(Cl)cc1Br. The summed E-state index contributed by atoms with van der Waals surface area (Å²) in [5.41, 5.74) is 0.484. The molecule has 0 radical (unpaired) electrons. The molecule has 4 N–H and O–H groups in total. The molecule has 0 aliphatic heterocycles. The Morgan fingerprint density at radius 1 is 1.20 bits per heavy atom. The number of benzene rings is 1. The summed E-state index contributed by atoms with van der Waals surface area (Å²) in [5.74, 6) is -1.76. The molecule has 0 spiro atoms. The fourth-order valence-electron chi connectivity index (χ4n) is 1.15. The van der Waals surface area contributed by atoms with Gasteiger partial charge in [0.1, 0.15) is 6.54 Å². The topological polar surface area (TPSA) is 108 Å². The van der Waals surface area contributed by atoms with Gasteiger partial charge in [-0.05, 0) is 34.1 Å². The highest BCUT2D eigenvalue weighted by molar-refractivity contribution is 9.10. The molecule has 1 aromatic rings. The number of hydrogen-bond acceptors (Lipinski definition) is 3. The van der Waals surface area contributed by atoms with Crippen molar-refractivity contribution in [2.45, 2.75) is 0 Å². The Hall–Kier alpha value is -1.80. The van der Waals surface area contributed by atoms with Crippen LogP contribution in [0.15, 0.2) is 22.7 Å². The number of urea groups is 1. The first-order valence-corrected chi connectivity index (χ1v) is 6.54. The minimum atomic E-state index is -1.16. The predicted molar refractivity (Wildman–Crippen MR) is 76.8 cm³/mol. The molecule has 0 aromatic heterocycles. The zero-order chi connectivity index (χ0) is 15.1. The van der Waals surface area contributed by atoms with Crippen molar-refractivity contribution < 1.29 is 19.5 Å². The number of carboxylic acids is 1. The molecule has 0 fully saturated rings. The van der Waals surface area contributed by atoms with Crippen molar-refractivity contribution in [1.82, 2.24) is 10.6 Å². The smallest absolute Gasteiger partial charge is 0.322 e. The molecular formula is C11H11BrClN3O4. The van der Waals surface area contributed by atoms with Crippen molar-refractivity contribution in [3.63, 3.8) is 0 Å². The van der Waals surface area contributed by atoms with Crippen LogP contribution in [0, 0.1) is 0 Å². The molecule has 20 heavy (non-hydrogen) atoms. The van der Waals surface area contributed by atoms with E-state index in [0.29, 0.717) is 15.2 Å². The summed E-state index contributed by atoms with van der Waals surface area (Å²) in [6.07, 6.45) is 0. The van der Waals surface area contributed by atoms with Crippen LogP contribution >= 0.6 is 27.5 Å². The monoisotopic (exact) mass is 363 g/mol. The molecule has 0 aliphatic rings. The lowest BCUT2D eigenvalue weighted by Crippen LogP contribution is -2.40. The molecule has 0 saturated carbocycles. The average molecular weight is 365 g/mol. The summed E-state index contributed by atoms with van der Waals surface area (Å²) < 4.78 is 0.593. The van der Waals surface area contributed by atoms with Crippen molar-refractivity contribution >= 4 is 51.1 Å². The zero-order valence-corrected chi connectivity index (χ0v) is 12.4. The Balaban J connectivity index is 2.40. The van der Waals surface area contributed by atoms with Crippen LogP contribution in [-0.4, -0.2) is 36.1 Å². The lowest BCUT2D eigenvalue weighted by Gasteiger charge is -2.09. The lowest BCUT2D eigenvalue weighted by atomic mass is 10.3. The first-order valence-electron chi connectivity index (χ1n) is 5.37. The van der Waals surface area contributed by atoms with Crippen molar-refractivity contribution in [2.75, 3.05) is 18.4 Å². The van der Waals surface area contributed by atoms with Gasteiger partial charge < -0.3 is 21.1 Å². The van der Waals surface area contributed by atoms with Gasteiger partial charge in [0.05, 0.1) is 12.2 Å². The standard InChI is InChI=1S/C11H11BrClN3O4/c12-7-3-6(13)1-2-8(7)16-11(20)15-4-9(17)14-5-10(18)19/h1-3H,4-5H2,(H,14,17)(H,18,19)(H2,15,16,20). The molecular weight excluding hydrogens is 353 g/mol. The third kappa shape index (κ3) is 5.89. The summed E-state index contributed by atoms with van der Waals surface area (Å²) in [4.78, 5) is 32.9. The van der Waals surface area contributed by atoms with E-state index >= 15 is 0 Å². The molecule has 0 heterocycles. The van der Waals surface area contributed by atoms with E-state index in [0.717, 1.165) is 0 Å². The average Bonchev–Trinajstić information content (AvgIpc) is 2.37. The van der Waals surface area contributed by atoms with Gasteiger partial charge in [0, 0.05) is 9.50 Å². The minimum Gasteiger partial charge on any atom is -0.480 e. The molecule has 9 heteroatoms. The number of hydrogen-bond donors (Lipinski definition) is 4. The summed E-state index contributed by atoms with van der Waals surface area (Å²) >= 11 is 8.98. The Bertz CT molecular complexity index is 538. The fraction of sp³-hybridized carbons (Fsp3) is 0.182. The van der Waals surface area contributed by atoms with E-state index in [-0.39, 0.29) is 6.54 Å². The molecule has 3 amide bonds. The van der Waals surface area contributed by atoms with Crippen molar-refractivity contribution in [1.29, 1.82) is 0 Å². The van der Waals surface area contributed by atoms with Gasteiger partial charge in [0.2, 0.25) is 5.91 Å². The lowest BCUT2D eigenvalue weighted by molar-refractivity contribution is -0.137. The highest BCUT2D eigenvalue weighted by atomic mass is 79.9. The number of halogens is 2. The second kappa shape index (κ2) is 7.71. The molecule has 0 saturated heterocycles. The molecule has 0 bridgehead atoms. The second-order valence-corrected chi connectivity index (χ2v) is 4.89. The number of aliphatic carboxylic acids is 1. The van der Waals surface area contributed by atoms with Gasteiger partial charge >= 0.3 is 12.0 Å². The largest absolute Gasteiger partial charge is 0.480 e. The van der Waals surface area contributed by atoms with Gasteiger partial charge in [0.25, 0.3) is 0 Å². The van der Waals surface area contributed by atoms with Gasteiger partial charge in [-0.25, -0.2) is 4.79 Å². The van der Waals surface area contributed by atoms with Gasteiger partial charge in [-0.2, -0.15) is 0 Å². The van der Waals surface area contributed by atoms with Gasteiger partial charge in [-0.1, -0.05) is 11.6 Å². The van der Waals surface area contributed by atoms with Crippen LogP contribution in [0.2, 0.25) is 5.02 Å². The summed E-state index contributed by atoms with van der Waals surface area (Å²) in [5, 5.41) is 15.8. The maximum absolute atomic E-state index is 11.5. The van der Waals surface area contributed by atoms with Crippen molar-refractivity contribution in [3.8, 4) is 0 Å². The number of rotatable bonds is 5. The Labute approximate surface area is 127 Å². The minimum absolute atomic E-state index is 0.329. The van der Waals surface area contributed by atoms with Crippen LogP contribution in [0.5, 0.6) is 0 Å². The second-order valence-electron chi connectivity index (χ2n) is 3.60. The molecule has 108 valence electrons. The van der Waals surface area contributed by atoms with Crippen LogP contribution in [0.1, 0.15) is 0 Å². The van der Waals surface area contributed by atoms with Crippen molar-refractivity contribution in [2.24, 2.45) is 0 Å². The number of amides is 3. The number of carbonyl (C=O) groups excluding carboxylic acids is 2. The van der Waals surface area contributed by atoms with Crippen LogP contribution in [0.4, 0.5) is 10.5 Å². The van der Waals surface area contributed by atoms with Crippen LogP contribution in [0.25, 0.3) is 0 Å². The van der Waals surface area contributed by atoms with Crippen molar-refractivity contribution in [3.05, 3.63) is 27.7 Å². The summed E-state index contributed by atoms with van der Waals surface area (Å²) in [6, 6.07) is 4.20. The van der Waals surface area contributed by atoms with Gasteiger partial charge in [-0.15, -0.1) is 0 Å². The molecule has 1 aromatic carbocycles. The quantitative estimate of drug-likeness (QED) is 0.634. The van der Waals surface area contributed by atoms with E-state index < -0.39 is 24.5 Å². The maximum Gasteiger partial charge on any atom is 0.322 e. The number of nitrogens with one attached hydrogen (secondary N) is 3. The normalized spacial score (nSPS) is 9.70. The number of anilines is 1. The molecule has 0 aliphatic carbocycles. The number of carboxylic acid groups (broad SMARTS) is 1. The summed E-state index contributed by atoms with van der Waals surface area (Å²) in [7, 11) is 0. The van der Waals surface area contributed by atoms with Crippen LogP contribution in [0.3, 0.4) is 0 Å². The fourth-order valence-corrected chi connectivity index (χ4v) is 1.94. The molecule has 7 nitrogen and oxygen atoms in total. The van der Waals surface area contributed by atoms with Crippen LogP contribution in [-0.2, 0) is 9.59 Å². The van der Waals surface area contributed by atoms with E-state index in [1.54, 1.807) is 18.2 Å². The zero-order valence-electron chi connectivity index (χ0n) is 10.1. The predicted octanol–water partition coefficient (Wildman–Crippen LogP) is 1.42. The first-order chi connectivity index (χ1) is 9.38. The van der Waals surface area contributed by atoms with E-state index in [1.807, 2.05) is 0 Å². The van der Waals surface area contributed by atoms with E-state index in [1.165, 1.54) is 0 Å². The third-order valence-corrected chi connectivity index (χ3v) is 2.92. The summed E-state index contributed by atoms with van der Waals surface area (Å²) in [6.45, 7) is -0.824. The highest BCUT2D eigenvalue weighted by Gasteiger charge is 2.08. The Morgan fingerprint density at radius 3 is 2.50 bits per heavy atom. The number of carbonyl (C=O) groups is 3. The first kappa shape index (κ1) is 16.3. The van der Waals surface area contributed by atoms with Gasteiger partial charge in [0.15, 0.2) is 0 Å². The van der Waals surface area contributed by atoms with Crippen LogP contribution < -0.4 is 16.0 Å².